The van der Waals surface area contributed by atoms with Gasteiger partial charge in [-0.25, -0.2) is 4.98 Å². The summed E-state index contributed by atoms with van der Waals surface area (Å²) in [7, 11) is 0. The van der Waals surface area contributed by atoms with Crippen molar-refractivity contribution < 1.29 is 14.3 Å². The molecule has 0 saturated heterocycles. The average Bonchev–Trinajstić information content (AvgIpc) is 2.78. The van der Waals surface area contributed by atoms with Crippen molar-refractivity contribution in [1.82, 2.24) is 10.3 Å². The van der Waals surface area contributed by atoms with Gasteiger partial charge in [0, 0.05) is 6.42 Å². The normalized spacial score (nSPS) is 20.9. The molecular formula is C13H17N3O3S. The zero-order valence-corrected chi connectivity index (χ0v) is 12.3. The molecule has 0 fully saturated rings. The van der Waals surface area contributed by atoms with Gasteiger partial charge in [-0.1, -0.05) is 17.9 Å². The molecular weight excluding hydrogens is 278 g/mol. The molecule has 0 bridgehead atoms. The third kappa shape index (κ3) is 3.43. The van der Waals surface area contributed by atoms with E-state index in [1.165, 1.54) is 11.3 Å². The fourth-order valence-corrected chi connectivity index (χ4v) is 3.01. The number of nitrogens with one attached hydrogen (secondary N) is 2. The van der Waals surface area contributed by atoms with Crippen molar-refractivity contribution in [3.8, 4) is 0 Å². The molecule has 2 heterocycles. The fourth-order valence-electron chi connectivity index (χ4n) is 2.01. The first kappa shape index (κ1) is 14.7. The van der Waals surface area contributed by atoms with E-state index in [2.05, 4.69) is 22.2 Å². The first-order valence-electron chi connectivity index (χ1n) is 6.34. The van der Waals surface area contributed by atoms with Crippen LogP contribution in [0.2, 0.25) is 0 Å². The zero-order chi connectivity index (χ0) is 14.7. The molecule has 1 aromatic rings. The number of thiazole rings is 1. The highest BCUT2D eigenvalue weighted by molar-refractivity contribution is 7.16. The molecule has 1 aromatic heterocycles. The summed E-state index contributed by atoms with van der Waals surface area (Å²) < 4.78 is 5.71. The minimum atomic E-state index is -0.380. The van der Waals surface area contributed by atoms with Gasteiger partial charge in [-0.3, -0.25) is 9.59 Å². The van der Waals surface area contributed by atoms with E-state index in [-0.39, 0.29) is 30.6 Å². The molecule has 2 N–H and O–H groups in total. The Labute approximate surface area is 121 Å². The number of carbonyl (C=O) groups excluding carboxylic acids is 2. The van der Waals surface area contributed by atoms with E-state index in [0.29, 0.717) is 5.13 Å². The molecule has 0 spiro atoms. The maximum atomic E-state index is 11.7. The summed E-state index contributed by atoms with van der Waals surface area (Å²) in [6.07, 6.45) is 2.00. The van der Waals surface area contributed by atoms with Crippen molar-refractivity contribution >= 4 is 28.3 Å². The Hall–Kier alpha value is -1.73. The Morgan fingerprint density at radius 3 is 3.00 bits per heavy atom. The summed E-state index contributed by atoms with van der Waals surface area (Å²) in [4.78, 5) is 28.1. The van der Waals surface area contributed by atoms with Crippen LogP contribution in [0.1, 0.15) is 30.5 Å². The molecule has 2 atom stereocenters. The molecule has 0 radical (unpaired) electrons. The number of anilines is 1. The highest BCUT2D eigenvalue weighted by Gasteiger charge is 2.26. The lowest BCUT2D eigenvalue weighted by molar-refractivity contribution is -0.121. The minimum Gasteiger partial charge on any atom is -0.370 e. The lowest BCUT2D eigenvalue weighted by atomic mass is 10.1. The van der Waals surface area contributed by atoms with Crippen LogP contribution in [0.5, 0.6) is 0 Å². The van der Waals surface area contributed by atoms with Crippen LogP contribution in [0.3, 0.4) is 0 Å². The van der Waals surface area contributed by atoms with Crippen molar-refractivity contribution in [3.63, 3.8) is 0 Å². The number of aromatic nitrogens is 1. The molecule has 1 aliphatic heterocycles. The second-order valence-electron chi connectivity index (χ2n) is 4.59. The first-order valence-corrected chi connectivity index (χ1v) is 7.16. The lowest BCUT2D eigenvalue weighted by Crippen LogP contribution is -2.31. The third-order valence-electron chi connectivity index (χ3n) is 2.87. The highest BCUT2D eigenvalue weighted by Crippen LogP contribution is 2.36. The molecule has 108 valence electrons. The third-order valence-corrected chi connectivity index (χ3v) is 4.04. The number of rotatable bonds is 4. The maximum Gasteiger partial charge on any atom is 0.245 e. The molecule has 0 unspecified atom stereocenters. The molecule has 2 amide bonds. The van der Waals surface area contributed by atoms with Gasteiger partial charge in [-0.05, 0) is 19.9 Å². The van der Waals surface area contributed by atoms with Crippen LogP contribution in [0.4, 0.5) is 5.13 Å². The van der Waals surface area contributed by atoms with Crippen LogP contribution in [0.15, 0.2) is 12.7 Å². The number of carbonyl (C=O) groups is 2. The summed E-state index contributed by atoms with van der Waals surface area (Å²) in [6, 6.07) is 0. The van der Waals surface area contributed by atoms with Gasteiger partial charge in [0.25, 0.3) is 0 Å². The number of hydrogen-bond donors (Lipinski definition) is 2. The number of hydrogen-bond acceptors (Lipinski definition) is 5. The second-order valence-corrected chi connectivity index (χ2v) is 5.62. The molecule has 7 heteroatoms. The fraction of sp³-hybridized carbons (Fsp3) is 0.462. The molecule has 0 aromatic carbocycles. The summed E-state index contributed by atoms with van der Waals surface area (Å²) >= 11 is 1.41. The van der Waals surface area contributed by atoms with Crippen molar-refractivity contribution in [3.05, 3.63) is 23.2 Å². The standard InChI is InChI=1S/C13H17N3O3S/c1-4-10(17)14-6-11(18)16-13-15-9-5-7(2)19-8(3)12(9)20-13/h4,7-8H,1,5-6H2,2-3H3,(H,14,17)(H,15,16,18)/t7-,8+/m1/s1. The number of amides is 2. The van der Waals surface area contributed by atoms with Gasteiger partial charge in [0.15, 0.2) is 5.13 Å². The predicted octanol–water partition coefficient (Wildman–Crippen LogP) is 1.41. The Bertz CT molecular complexity index is 541. The van der Waals surface area contributed by atoms with Crippen LogP contribution in [-0.4, -0.2) is 29.4 Å². The SMILES string of the molecule is C=CC(=O)NCC(=O)Nc1nc2c(s1)[C@H](C)O[C@H](C)C2. The lowest BCUT2D eigenvalue weighted by Gasteiger charge is -2.23. The monoisotopic (exact) mass is 295 g/mol. The van der Waals surface area contributed by atoms with Crippen LogP contribution < -0.4 is 10.6 Å². The molecule has 0 saturated carbocycles. The Morgan fingerprint density at radius 1 is 1.55 bits per heavy atom. The summed E-state index contributed by atoms with van der Waals surface area (Å²) in [6.45, 7) is 7.19. The van der Waals surface area contributed by atoms with Gasteiger partial charge >= 0.3 is 0 Å². The van der Waals surface area contributed by atoms with E-state index >= 15 is 0 Å². The molecule has 1 aliphatic rings. The topological polar surface area (TPSA) is 80.3 Å². The minimum absolute atomic E-state index is 0.00243. The Balaban J connectivity index is 1.97. The van der Waals surface area contributed by atoms with E-state index in [9.17, 15) is 9.59 Å². The van der Waals surface area contributed by atoms with E-state index in [4.69, 9.17) is 4.74 Å². The number of nitrogens with zero attached hydrogens (tertiary/aromatic N) is 1. The van der Waals surface area contributed by atoms with Gasteiger partial charge in [0.05, 0.1) is 29.3 Å². The van der Waals surface area contributed by atoms with Crippen LogP contribution >= 0.6 is 11.3 Å². The predicted molar refractivity (Wildman–Crippen MR) is 76.6 cm³/mol. The van der Waals surface area contributed by atoms with Gasteiger partial charge < -0.3 is 15.4 Å². The van der Waals surface area contributed by atoms with Crippen molar-refractivity contribution in [1.29, 1.82) is 0 Å². The largest absolute Gasteiger partial charge is 0.370 e. The van der Waals surface area contributed by atoms with Crippen molar-refractivity contribution in [2.24, 2.45) is 0 Å². The van der Waals surface area contributed by atoms with Crippen LogP contribution in [-0.2, 0) is 20.7 Å². The van der Waals surface area contributed by atoms with Gasteiger partial charge in [-0.2, -0.15) is 0 Å². The van der Waals surface area contributed by atoms with E-state index in [1.54, 1.807) is 0 Å². The molecule has 2 rings (SSSR count). The van der Waals surface area contributed by atoms with Crippen molar-refractivity contribution in [2.75, 3.05) is 11.9 Å². The maximum absolute atomic E-state index is 11.7. The van der Waals surface area contributed by atoms with E-state index in [0.717, 1.165) is 23.1 Å². The van der Waals surface area contributed by atoms with Crippen molar-refractivity contribution in [2.45, 2.75) is 32.5 Å². The molecule has 0 aliphatic carbocycles. The highest BCUT2D eigenvalue weighted by atomic mass is 32.1. The summed E-state index contributed by atoms with van der Waals surface area (Å²) in [5, 5.41) is 5.63. The van der Waals surface area contributed by atoms with Crippen LogP contribution in [0, 0.1) is 0 Å². The second kappa shape index (κ2) is 6.15. The molecule has 20 heavy (non-hydrogen) atoms. The quantitative estimate of drug-likeness (QED) is 0.823. The zero-order valence-electron chi connectivity index (χ0n) is 11.4. The van der Waals surface area contributed by atoms with E-state index < -0.39 is 0 Å². The average molecular weight is 295 g/mol. The molecule has 6 nitrogen and oxygen atoms in total. The van der Waals surface area contributed by atoms with Gasteiger partial charge in [0.1, 0.15) is 0 Å². The summed E-state index contributed by atoms with van der Waals surface area (Å²) in [5.74, 6) is -0.692. The number of fused-ring (bicyclic) bond motifs is 1. The smallest absolute Gasteiger partial charge is 0.245 e. The number of ether oxygens (including phenoxy) is 1. The van der Waals surface area contributed by atoms with Gasteiger partial charge in [-0.15, -0.1) is 0 Å². The van der Waals surface area contributed by atoms with Crippen LogP contribution in [0.25, 0.3) is 0 Å². The Kier molecular flexibility index (Phi) is 4.51. The first-order chi connectivity index (χ1) is 9.49. The van der Waals surface area contributed by atoms with E-state index in [1.807, 2.05) is 13.8 Å². The summed E-state index contributed by atoms with van der Waals surface area (Å²) in [5.41, 5.74) is 0.978. The van der Waals surface area contributed by atoms with Gasteiger partial charge in [0.2, 0.25) is 11.8 Å². The Morgan fingerprint density at radius 2 is 2.30 bits per heavy atom.